The van der Waals surface area contributed by atoms with Crippen LogP contribution in [0.5, 0.6) is 0 Å². The summed E-state index contributed by atoms with van der Waals surface area (Å²) in [6.45, 7) is 0.0872. The number of nitrogens with zero attached hydrogens (tertiary/aromatic N) is 1. The molecule has 120 valence electrons. The molecule has 2 aromatic carbocycles. The quantitative estimate of drug-likeness (QED) is 0.867. The van der Waals surface area contributed by atoms with Crippen LogP contribution in [0.1, 0.15) is 17.5 Å². The van der Waals surface area contributed by atoms with Crippen LogP contribution in [0, 0.1) is 11.3 Å². The van der Waals surface area contributed by atoms with Crippen molar-refractivity contribution in [2.75, 3.05) is 5.32 Å². The summed E-state index contributed by atoms with van der Waals surface area (Å²) in [6.07, 6.45) is 0.00275. The van der Waals surface area contributed by atoms with Gasteiger partial charge < -0.3 is 10.1 Å². The van der Waals surface area contributed by atoms with Gasteiger partial charge in [0.1, 0.15) is 6.61 Å². The predicted octanol–water partition coefficient (Wildman–Crippen LogP) is 3.10. The zero-order valence-electron chi connectivity index (χ0n) is 12.7. The summed E-state index contributed by atoms with van der Waals surface area (Å²) in [7, 11) is 0. The third kappa shape index (κ3) is 3.76. The Morgan fingerprint density at radius 2 is 2.08 bits per heavy atom. The number of para-hydroxylation sites is 1. The van der Waals surface area contributed by atoms with Crippen LogP contribution in [-0.2, 0) is 20.9 Å². The van der Waals surface area contributed by atoms with Gasteiger partial charge >= 0.3 is 5.97 Å². The minimum absolute atomic E-state index is 0.00275. The van der Waals surface area contributed by atoms with Gasteiger partial charge in [0.05, 0.1) is 29.0 Å². The third-order valence-corrected chi connectivity index (χ3v) is 4.79. The summed E-state index contributed by atoms with van der Waals surface area (Å²) in [5.74, 6) is -0.633. The molecule has 0 aliphatic carbocycles. The number of nitrogens with one attached hydrogen (secondary N) is 1. The maximum atomic E-state index is 12.1. The topological polar surface area (TPSA) is 79.2 Å². The molecule has 1 aliphatic rings. The number of rotatable bonds is 4. The van der Waals surface area contributed by atoms with E-state index >= 15 is 0 Å². The smallest absolute Gasteiger partial charge is 0.307 e. The summed E-state index contributed by atoms with van der Waals surface area (Å²) in [4.78, 5) is 25.0. The molecule has 1 atom stereocenters. The summed E-state index contributed by atoms with van der Waals surface area (Å²) in [5, 5.41) is 11.2. The Hall–Kier alpha value is -2.78. The predicted molar refractivity (Wildman–Crippen MR) is 90.3 cm³/mol. The zero-order valence-corrected chi connectivity index (χ0v) is 13.5. The normalized spacial score (nSPS) is 15.8. The van der Waals surface area contributed by atoms with Crippen molar-refractivity contribution >= 4 is 29.3 Å². The highest BCUT2D eigenvalue weighted by Gasteiger charge is 2.29. The molecule has 1 N–H and O–H groups in total. The Bertz CT molecular complexity index is 829. The van der Waals surface area contributed by atoms with Crippen molar-refractivity contribution in [1.29, 1.82) is 5.26 Å². The summed E-state index contributed by atoms with van der Waals surface area (Å²) in [5.41, 5.74) is 2.03. The highest BCUT2D eigenvalue weighted by molar-refractivity contribution is 8.01. The van der Waals surface area contributed by atoms with Crippen LogP contribution in [-0.4, -0.2) is 17.1 Å². The van der Waals surface area contributed by atoms with Crippen LogP contribution < -0.4 is 5.32 Å². The largest absolute Gasteiger partial charge is 0.461 e. The number of hydrogen-bond acceptors (Lipinski definition) is 5. The Morgan fingerprint density at radius 1 is 1.25 bits per heavy atom. The SMILES string of the molecule is N#Cc1cccc(COC(=O)C[C@H]2Sc3ccccc3NC2=O)c1. The van der Waals surface area contributed by atoms with Gasteiger partial charge in [-0.15, -0.1) is 11.8 Å². The Balaban J connectivity index is 1.57. The molecular formula is C18H14N2O3S. The number of anilines is 1. The van der Waals surface area contributed by atoms with E-state index < -0.39 is 11.2 Å². The monoisotopic (exact) mass is 338 g/mol. The van der Waals surface area contributed by atoms with Crippen molar-refractivity contribution in [3.05, 3.63) is 59.7 Å². The molecule has 0 radical (unpaired) electrons. The molecular weight excluding hydrogens is 324 g/mol. The van der Waals surface area contributed by atoms with Gasteiger partial charge in [0, 0.05) is 4.90 Å². The maximum Gasteiger partial charge on any atom is 0.307 e. The van der Waals surface area contributed by atoms with Crippen LogP contribution in [0.3, 0.4) is 0 Å². The minimum Gasteiger partial charge on any atom is -0.461 e. The van der Waals surface area contributed by atoms with Crippen molar-refractivity contribution in [2.24, 2.45) is 0 Å². The van der Waals surface area contributed by atoms with Gasteiger partial charge in [-0.1, -0.05) is 24.3 Å². The molecule has 0 bridgehead atoms. The van der Waals surface area contributed by atoms with Crippen molar-refractivity contribution in [2.45, 2.75) is 23.2 Å². The minimum atomic E-state index is -0.502. The number of amides is 1. The van der Waals surface area contributed by atoms with Gasteiger partial charge in [0.25, 0.3) is 0 Å². The number of hydrogen-bond donors (Lipinski definition) is 1. The number of fused-ring (bicyclic) bond motifs is 1. The molecule has 6 heteroatoms. The van der Waals surface area contributed by atoms with E-state index in [-0.39, 0.29) is 18.9 Å². The van der Waals surface area contributed by atoms with Crippen LogP contribution in [0.15, 0.2) is 53.4 Å². The number of carbonyl (C=O) groups excluding carboxylic acids is 2. The van der Waals surface area contributed by atoms with E-state index in [4.69, 9.17) is 10.00 Å². The van der Waals surface area contributed by atoms with Crippen LogP contribution in [0.4, 0.5) is 5.69 Å². The van der Waals surface area contributed by atoms with Gasteiger partial charge in [0.2, 0.25) is 5.91 Å². The number of nitriles is 1. The Labute approximate surface area is 143 Å². The molecule has 3 rings (SSSR count). The highest BCUT2D eigenvalue weighted by Crippen LogP contribution is 2.36. The number of esters is 1. The third-order valence-electron chi connectivity index (χ3n) is 3.51. The van der Waals surface area contributed by atoms with E-state index in [1.165, 1.54) is 11.8 Å². The van der Waals surface area contributed by atoms with Crippen molar-refractivity contribution in [3.8, 4) is 6.07 Å². The molecule has 5 nitrogen and oxygen atoms in total. The highest BCUT2D eigenvalue weighted by atomic mass is 32.2. The number of ether oxygens (including phenoxy) is 1. The fraction of sp³-hybridized carbons (Fsp3) is 0.167. The van der Waals surface area contributed by atoms with E-state index in [1.54, 1.807) is 24.3 Å². The standard InChI is InChI=1S/C18H14N2O3S/c19-10-12-4-3-5-13(8-12)11-23-17(21)9-16-18(22)20-14-6-1-2-7-15(14)24-16/h1-8,16H,9,11H2,(H,20,22)/t16-/m1/s1. The summed E-state index contributed by atoms with van der Waals surface area (Å²) in [6, 6.07) is 16.4. The van der Waals surface area contributed by atoms with Crippen molar-refractivity contribution < 1.29 is 14.3 Å². The van der Waals surface area contributed by atoms with Crippen LogP contribution >= 0.6 is 11.8 Å². The lowest BCUT2D eigenvalue weighted by Gasteiger charge is -2.23. The molecule has 1 heterocycles. The molecule has 0 saturated heterocycles. The lowest BCUT2D eigenvalue weighted by molar-refractivity contribution is -0.145. The molecule has 0 unspecified atom stereocenters. The zero-order chi connectivity index (χ0) is 16.9. The molecule has 1 aliphatic heterocycles. The van der Waals surface area contributed by atoms with Crippen LogP contribution in [0.25, 0.3) is 0 Å². The fourth-order valence-electron chi connectivity index (χ4n) is 2.33. The lowest BCUT2D eigenvalue weighted by atomic mass is 10.1. The van der Waals surface area contributed by atoms with E-state index in [1.807, 2.05) is 30.3 Å². The molecule has 0 spiro atoms. The molecule has 1 amide bonds. The van der Waals surface area contributed by atoms with Gasteiger partial charge in [-0.05, 0) is 29.8 Å². The summed E-state index contributed by atoms with van der Waals surface area (Å²) < 4.78 is 5.22. The first-order chi connectivity index (χ1) is 11.7. The number of benzene rings is 2. The second-order valence-electron chi connectivity index (χ2n) is 5.27. The van der Waals surface area contributed by atoms with Gasteiger partial charge in [0.15, 0.2) is 0 Å². The second kappa shape index (κ2) is 7.20. The Morgan fingerprint density at radius 3 is 2.92 bits per heavy atom. The number of thioether (sulfide) groups is 1. The second-order valence-corrected chi connectivity index (χ2v) is 6.51. The fourth-order valence-corrected chi connectivity index (χ4v) is 3.43. The first kappa shape index (κ1) is 16.1. The first-order valence-corrected chi connectivity index (χ1v) is 8.25. The van der Waals surface area contributed by atoms with Crippen molar-refractivity contribution in [1.82, 2.24) is 0 Å². The average Bonchev–Trinajstić information content (AvgIpc) is 2.61. The maximum absolute atomic E-state index is 12.1. The summed E-state index contributed by atoms with van der Waals surface area (Å²) >= 11 is 1.37. The van der Waals surface area contributed by atoms with E-state index in [0.29, 0.717) is 5.56 Å². The Kier molecular flexibility index (Phi) is 4.82. The molecule has 0 aromatic heterocycles. The van der Waals surface area contributed by atoms with Crippen molar-refractivity contribution in [3.63, 3.8) is 0 Å². The molecule has 2 aromatic rings. The molecule has 0 fully saturated rings. The van der Waals surface area contributed by atoms with E-state index in [0.717, 1.165) is 16.1 Å². The van der Waals surface area contributed by atoms with Crippen LogP contribution in [0.2, 0.25) is 0 Å². The van der Waals surface area contributed by atoms with E-state index in [9.17, 15) is 9.59 Å². The van der Waals surface area contributed by atoms with E-state index in [2.05, 4.69) is 5.32 Å². The van der Waals surface area contributed by atoms with Gasteiger partial charge in [-0.2, -0.15) is 5.26 Å². The average molecular weight is 338 g/mol. The van der Waals surface area contributed by atoms with Gasteiger partial charge in [-0.25, -0.2) is 0 Å². The lowest BCUT2D eigenvalue weighted by Crippen LogP contribution is -2.31. The molecule has 24 heavy (non-hydrogen) atoms. The number of carbonyl (C=O) groups is 2. The first-order valence-electron chi connectivity index (χ1n) is 7.37. The van der Waals surface area contributed by atoms with Gasteiger partial charge in [-0.3, -0.25) is 9.59 Å². The molecule has 0 saturated carbocycles.